The fourth-order valence-electron chi connectivity index (χ4n) is 7.82. The van der Waals surface area contributed by atoms with Crippen LogP contribution in [-0.2, 0) is 30.5 Å². The number of anilines is 1. The van der Waals surface area contributed by atoms with Crippen molar-refractivity contribution < 1.29 is 47.4 Å². The van der Waals surface area contributed by atoms with E-state index in [1.54, 1.807) is 91.9 Å². The lowest BCUT2D eigenvalue weighted by Crippen LogP contribution is -2.36. The van der Waals surface area contributed by atoms with Crippen LogP contribution in [0.2, 0.25) is 0 Å². The van der Waals surface area contributed by atoms with Gasteiger partial charge < -0.3 is 35.5 Å². The molecule has 13 nitrogen and oxygen atoms in total. The molecule has 0 bridgehead atoms. The van der Waals surface area contributed by atoms with Crippen molar-refractivity contribution in [3.8, 4) is 22.6 Å². The molecule has 0 aliphatic carbocycles. The number of nitrogens with one attached hydrogen (secondary N) is 4. The third-order valence-electron chi connectivity index (χ3n) is 11.6. The highest BCUT2D eigenvalue weighted by atomic mass is 32.2. The smallest absolute Gasteiger partial charge is 0.315 e. The summed E-state index contributed by atoms with van der Waals surface area (Å²) in [6.45, 7) is 1.68. The lowest BCUT2D eigenvalue weighted by molar-refractivity contribution is -0.146. The number of carbonyl (C=O) groups is 6. The first-order valence-electron chi connectivity index (χ1n) is 22.4. The van der Waals surface area contributed by atoms with Gasteiger partial charge in [-0.25, -0.2) is 9.18 Å². The number of amides is 4. The summed E-state index contributed by atoms with van der Waals surface area (Å²) < 4.78 is 31.9. The summed E-state index contributed by atoms with van der Waals surface area (Å²) in [5.74, 6) is -0.661. The first kappa shape index (κ1) is 47.9. The van der Waals surface area contributed by atoms with Gasteiger partial charge in [0.05, 0.1) is 18.0 Å². The van der Waals surface area contributed by atoms with E-state index in [0.717, 1.165) is 30.6 Å². The molecule has 4 atom stereocenters. The van der Waals surface area contributed by atoms with Crippen LogP contribution < -0.4 is 30.7 Å². The van der Waals surface area contributed by atoms with E-state index >= 15 is 4.39 Å². The zero-order chi connectivity index (χ0) is 47.1. The molecule has 348 valence electrons. The quantitative estimate of drug-likeness (QED) is 0.0216. The summed E-state index contributed by atoms with van der Waals surface area (Å²) >= 11 is 1.87. The Kier molecular flexibility index (Phi) is 16.8. The molecule has 4 N–H and O–H groups in total. The molecule has 2 aliphatic rings. The highest BCUT2D eigenvalue weighted by molar-refractivity contribution is 8.00. The van der Waals surface area contributed by atoms with Gasteiger partial charge in [0, 0.05) is 52.8 Å². The van der Waals surface area contributed by atoms with Crippen molar-refractivity contribution in [1.82, 2.24) is 16.0 Å². The molecule has 0 radical (unpaired) electrons. The van der Waals surface area contributed by atoms with Gasteiger partial charge >= 0.3 is 12.0 Å². The van der Waals surface area contributed by atoms with Gasteiger partial charge in [-0.3, -0.25) is 24.0 Å². The lowest BCUT2D eigenvalue weighted by Gasteiger charge is -2.16. The zero-order valence-electron chi connectivity index (χ0n) is 37.1. The first-order valence-corrected chi connectivity index (χ1v) is 23.4. The summed E-state index contributed by atoms with van der Waals surface area (Å²) in [5, 5.41) is 11.9. The Hall–Kier alpha value is -7.00. The van der Waals surface area contributed by atoms with Gasteiger partial charge in [0.25, 0.3) is 11.8 Å². The summed E-state index contributed by atoms with van der Waals surface area (Å²) in [7, 11) is 0. The highest BCUT2D eigenvalue weighted by Crippen LogP contribution is 2.33. The molecule has 0 saturated carbocycles. The van der Waals surface area contributed by atoms with Gasteiger partial charge in [0.1, 0.15) is 29.7 Å². The Morgan fingerprint density at radius 1 is 0.761 bits per heavy atom. The number of hydrogen-bond acceptors (Lipinski definition) is 10. The van der Waals surface area contributed by atoms with Crippen LogP contribution in [0.25, 0.3) is 11.1 Å². The summed E-state index contributed by atoms with van der Waals surface area (Å²) in [4.78, 5) is 74.7. The van der Waals surface area contributed by atoms with Crippen LogP contribution in [0, 0.1) is 5.82 Å². The van der Waals surface area contributed by atoms with Crippen molar-refractivity contribution in [2.75, 3.05) is 30.8 Å². The van der Waals surface area contributed by atoms with Crippen LogP contribution in [0.3, 0.4) is 0 Å². The summed E-state index contributed by atoms with van der Waals surface area (Å²) in [6.07, 6.45) is 4.17. The molecule has 1 unspecified atom stereocenters. The number of esters is 1. The van der Waals surface area contributed by atoms with E-state index in [2.05, 4.69) is 21.3 Å². The Morgan fingerprint density at radius 2 is 1.42 bits per heavy atom. The minimum absolute atomic E-state index is 0.0910. The van der Waals surface area contributed by atoms with Gasteiger partial charge in [0.2, 0.25) is 0 Å². The van der Waals surface area contributed by atoms with Gasteiger partial charge in [-0.05, 0) is 110 Å². The molecule has 0 aromatic heterocycles. The number of hydrogen-bond donors (Lipinski definition) is 4. The number of thioether (sulfide) groups is 1. The second-order valence-electron chi connectivity index (χ2n) is 16.5. The van der Waals surface area contributed by atoms with Gasteiger partial charge in [-0.2, -0.15) is 11.8 Å². The monoisotopic (exact) mass is 928 g/mol. The zero-order valence-corrected chi connectivity index (χ0v) is 37.9. The second kappa shape index (κ2) is 23.4. The predicted octanol–water partition coefficient (Wildman–Crippen LogP) is 8.16. The van der Waals surface area contributed by atoms with E-state index in [-0.39, 0.29) is 55.4 Å². The number of unbranched alkanes of at least 4 members (excludes halogenated alkanes) is 1. The van der Waals surface area contributed by atoms with Crippen LogP contribution in [-0.4, -0.2) is 78.2 Å². The maximum Gasteiger partial charge on any atom is 0.315 e. The van der Waals surface area contributed by atoms with Crippen molar-refractivity contribution in [3.63, 3.8) is 0 Å². The molecule has 4 amide bonds. The number of ether oxygens (including phenoxy) is 3. The summed E-state index contributed by atoms with van der Waals surface area (Å²) in [6, 6.07) is 33.8. The fraction of sp³-hybridized carbons (Fsp3) is 0.308. The van der Waals surface area contributed by atoms with Crippen molar-refractivity contribution in [3.05, 3.63) is 149 Å². The minimum atomic E-state index is -0.656. The fourth-order valence-corrected chi connectivity index (χ4v) is 9.37. The number of rotatable bonds is 23. The topological polar surface area (TPSA) is 178 Å². The number of fused-ring (bicyclic) bond motifs is 1. The molecule has 5 aromatic carbocycles. The summed E-state index contributed by atoms with van der Waals surface area (Å²) in [5.41, 5.74) is 3.60. The van der Waals surface area contributed by atoms with E-state index in [4.69, 9.17) is 14.2 Å². The molecule has 5 aromatic rings. The van der Waals surface area contributed by atoms with E-state index in [1.165, 1.54) is 6.07 Å². The third-order valence-corrected chi connectivity index (χ3v) is 13.1. The van der Waals surface area contributed by atoms with E-state index in [9.17, 15) is 28.8 Å². The van der Waals surface area contributed by atoms with Crippen LogP contribution in [0.5, 0.6) is 11.5 Å². The van der Waals surface area contributed by atoms with E-state index in [1.807, 2.05) is 42.1 Å². The number of urea groups is 1. The Morgan fingerprint density at radius 3 is 2.09 bits per heavy atom. The van der Waals surface area contributed by atoms with Crippen LogP contribution >= 0.6 is 11.8 Å². The lowest BCUT2D eigenvalue weighted by atomic mass is 9.97. The normalized spacial score (nSPS) is 16.4. The minimum Gasteiger partial charge on any atom is -0.484 e. The Labute approximate surface area is 392 Å². The number of halogens is 1. The highest BCUT2D eigenvalue weighted by Gasteiger charge is 2.42. The molecule has 2 aliphatic heterocycles. The molecule has 67 heavy (non-hydrogen) atoms. The van der Waals surface area contributed by atoms with E-state index < -0.39 is 23.6 Å². The molecule has 2 heterocycles. The van der Waals surface area contributed by atoms with Crippen molar-refractivity contribution in [1.29, 1.82) is 0 Å². The van der Waals surface area contributed by atoms with Crippen LogP contribution in [0.1, 0.15) is 78.4 Å². The number of carbonyl (C=O) groups excluding carboxylic acids is 6. The molecular formula is C52H53FN4O9S. The van der Waals surface area contributed by atoms with Crippen molar-refractivity contribution >= 4 is 52.8 Å². The van der Waals surface area contributed by atoms with E-state index in [0.29, 0.717) is 76.1 Å². The van der Waals surface area contributed by atoms with Crippen LogP contribution in [0.15, 0.2) is 121 Å². The second-order valence-corrected chi connectivity index (χ2v) is 17.8. The maximum atomic E-state index is 15.2. The molecule has 7 rings (SSSR count). The molecule has 2 fully saturated rings. The average Bonchev–Trinajstić information content (AvgIpc) is 3.91. The number of Topliss-reactive ketones (excluding diaryl/α,β-unsaturated/α-hetero) is 1. The third kappa shape index (κ3) is 13.8. The molecule has 2 saturated heterocycles. The molecule has 15 heteroatoms. The van der Waals surface area contributed by atoms with Gasteiger partial charge in [-0.1, -0.05) is 61.0 Å². The SMILES string of the molecule is CC(C(=O)OCc1ccccc1)c1ccc(-c2ccc(NC(=O)COc3ccc(C(=O)c4ccc(OCC(=O)NCCCC(=O)CCCC[C@@H]5SC[C@@H]6NC(=O)N[C@@H]65)cc4)cc3)cc2)c(F)c1. The average molecular weight is 929 g/mol. The molecule has 0 spiro atoms. The largest absolute Gasteiger partial charge is 0.484 e. The van der Waals surface area contributed by atoms with Crippen LogP contribution in [0.4, 0.5) is 14.9 Å². The Balaban J connectivity index is 0.759. The van der Waals surface area contributed by atoms with Gasteiger partial charge in [0.15, 0.2) is 19.0 Å². The van der Waals surface area contributed by atoms with Gasteiger partial charge in [-0.15, -0.1) is 0 Å². The maximum absolute atomic E-state index is 15.2. The Bertz CT molecular complexity index is 2520. The first-order chi connectivity index (χ1) is 32.5. The number of ketones is 2. The van der Waals surface area contributed by atoms with Crippen molar-refractivity contribution in [2.45, 2.75) is 75.3 Å². The molecular weight excluding hydrogens is 876 g/mol. The van der Waals surface area contributed by atoms with Crippen molar-refractivity contribution in [2.24, 2.45) is 0 Å². The standard InChI is InChI=1S/C52H53FN4O9S/c1-33(51(62)66-29-34-8-3-2-4-9-34)38-19-26-43(44(53)28-38)35-13-20-39(21-14-35)55-48(60)31-65-42-24-17-37(18-25-42)50(61)36-15-22-41(23-16-36)64-30-47(59)54-27-7-11-40(58)10-5-6-12-46-49-45(32-67-46)56-52(63)57-49/h2-4,8-9,13-26,28,33,45-46,49H,5-7,10-12,27,29-32H2,1H3,(H,54,59)(H,55,60)(H2,56,57,63)/t33?,45-,46-,49-/m0/s1. The predicted molar refractivity (Wildman–Crippen MR) is 254 cm³/mol. The number of benzene rings is 5.